The van der Waals surface area contributed by atoms with E-state index in [1.54, 1.807) is 6.92 Å². The van der Waals surface area contributed by atoms with Gasteiger partial charge in [-0.15, -0.1) is 0 Å². The van der Waals surface area contributed by atoms with Crippen molar-refractivity contribution in [2.75, 3.05) is 19.6 Å². The van der Waals surface area contributed by atoms with Crippen molar-refractivity contribution in [3.63, 3.8) is 0 Å². The third-order valence-corrected chi connectivity index (χ3v) is 7.67. The van der Waals surface area contributed by atoms with Gasteiger partial charge in [-0.05, 0) is 48.9 Å². The van der Waals surface area contributed by atoms with Crippen molar-refractivity contribution in [1.29, 1.82) is 0 Å². The number of aromatic nitrogens is 3. The van der Waals surface area contributed by atoms with Crippen molar-refractivity contribution in [3.05, 3.63) is 82.9 Å². The second-order valence-electron chi connectivity index (χ2n) is 11.9. The standard InChI is InChI=1S/C33H41F2N7O4/c1-21(2)31-32-37-22(3)40-42(32)20-29(44)36-12-8-14-41(30(45)18-24-15-25(34)19-26(35)16-24)13-7-11-28(43)38-27(33(46)39-31)17-23-9-5-4-6-10-23/h4-6,9-10,15-16,19,21,27,31H,7-8,11-14,17-18,20H2,1-3H3,(H,36,44)(H,38,43)(H,39,46)/t27-,31+/m1/s1. The Hall–Kier alpha value is -4.68. The zero-order valence-electron chi connectivity index (χ0n) is 26.4. The fraction of sp³-hybridized carbons (Fsp3) is 0.455. The number of carbonyl (C=O) groups excluding carboxylic acids is 4. The number of carbonyl (C=O) groups is 4. The van der Waals surface area contributed by atoms with Crippen molar-refractivity contribution in [2.45, 2.75) is 71.5 Å². The van der Waals surface area contributed by atoms with E-state index in [4.69, 9.17) is 0 Å². The molecule has 13 heteroatoms. The molecule has 0 saturated heterocycles. The van der Waals surface area contributed by atoms with Gasteiger partial charge >= 0.3 is 0 Å². The molecule has 2 aromatic carbocycles. The van der Waals surface area contributed by atoms with Gasteiger partial charge in [0, 0.05) is 38.5 Å². The van der Waals surface area contributed by atoms with E-state index in [2.05, 4.69) is 26.0 Å². The van der Waals surface area contributed by atoms with Crippen LogP contribution < -0.4 is 16.0 Å². The van der Waals surface area contributed by atoms with Gasteiger partial charge < -0.3 is 20.9 Å². The summed E-state index contributed by atoms with van der Waals surface area (Å²) in [4.78, 5) is 59.1. The molecule has 4 amide bonds. The molecular weight excluding hydrogens is 596 g/mol. The molecule has 1 aliphatic heterocycles. The molecule has 0 spiro atoms. The molecule has 1 aliphatic rings. The number of hydrogen-bond acceptors (Lipinski definition) is 6. The minimum absolute atomic E-state index is 0.0365. The van der Waals surface area contributed by atoms with Crippen molar-refractivity contribution in [1.82, 2.24) is 35.6 Å². The van der Waals surface area contributed by atoms with Crippen LogP contribution in [-0.4, -0.2) is 69.0 Å². The van der Waals surface area contributed by atoms with Crippen LogP contribution in [0, 0.1) is 24.5 Å². The first kappa shape index (κ1) is 34.2. The predicted octanol–water partition coefficient (Wildman–Crippen LogP) is 2.78. The SMILES string of the molecule is Cc1nc2n(n1)CC(=O)NCCCN(C(=O)Cc1cc(F)cc(F)c1)CCCC(=O)N[C@H](Cc1ccccc1)C(=O)N[C@H]2C(C)C. The van der Waals surface area contributed by atoms with Crippen LogP contribution in [0.4, 0.5) is 8.78 Å². The number of rotatable bonds is 5. The van der Waals surface area contributed by atoms with Crippen molar-refractivity contribution in [3.8, 4) is 0 Å². The Balaban J connectivity index is 1.58. The average Bonchev–Trinajstić information content (AvgIpc) is 3.34. The van der Waals surface area contributed by atoms with E-state index in [9.17, 15) is 28.0 Å². The second-order valence-corrected chi connectivity index (χ2v) is 11.9. The van der Waals surface area contributed by atoms with E-state index in [1.807, 2.05) is 44.2 Å². The number of aryl methyl sites for hydroxylation is 1. The summed E-state index contributed by atoms with van der Waals surface area (Å²) in [6.45, 7) is 6.13. The monoisotopic (exact) mass is 637 g/mol. The van der Waals surface area contributed by atoms with Crippen LogP contribution in [0.25, 0.3) is 0 Å². The van der Waals surface area contributed by atoms with Crippen LogP contribution in [0.2, 0.25) is 0 Å². The summed E-state index contributed by atoms with van der Waals surface area (Å²) in [7, 11) is 0. The maximum absolute atomic E-state index is 13.8. The van der Waals surface area contributed by atoms with Crippen LogP contribution >= 0.6 is 0 Å². The van der Waals surface area contributed by atoms with Crippen LogP contribution in [0.1, 0.15) is 61.9 Å². The first-order valence-electron chi connectivity index (χ1n) is 15.5. The summed E-state index contributed by atoms with van der Waals surface area (Å²) in [5, 5.41) is 13.1. The summed E-state index contributed by atoms with van der Waals surface area (Å²) >= 11 is 0. The lowest BCUT2D eigenvalue weighted by Crippen LogP contribution is -2.50. The quantitative estimate of drug-likeness (QED) is 0.394. The molecule has 0 unspecified atom stereocenters. The topological polar surface area (TPSA) is 138 Å². The lowest BCUT2D eigenvalue weighted by Gasteiger charge is -2.26. The molecule has 2 heterocycles. The highest BCUT2D eigenvalue weighted by Gasteiger charge is 2.30. The Morgan fingerprint density at radius 2 is 1.65 bits per heavy atom. The number of benzene rings is 2. The number of nitrogens with one attached hydrogen (secondary N) is 3. The number of nitrogens with zero attached hydrogens (tertiary/aromatic N) is 4. The Labute approximate surface area is 267 Å². The van der Waals surface area contributed by atoms with E-state index in [0.29, 0.717) is 18.1 Å². The molecule has 0 radical (unpaired) electrons. The third-order valence-electron chi connectivity index (χ3n) is 7.67. The molecule has 4 rings (SSSR count). The molecule has 0 fully saturated rings. The molecule has 0 bridgehead atoms. The van der Waals surface area contributed by atoms with Gasteiger partial charge in [-0.1, -0.05) is 44.2 Å². The zero-order chi connectivity index (χ0) is 33.2. The molecule has 246 valence electrons. The highest BCUT2D eigenvalue weighted by atomic mass is 19.1. The largest absolute Gasteiger partial charge is 0.354 e. The Morgan fingerprint density at radius 3 is 2.35 bits per heavy atom. The number of amides is 4. The first-order valence-corrected chi connectivity index (χ1v) is 15.5. The summed E-state index contributed by atoms with van der Waals surface area (Å²) in [5.74, 6) is -2.25. The highest BCUT2D eigenvalue weighted by Crippen LogP contribution is 2.21. The van der Waals surface area contributed by atoms with Gasteiger partial charge in [0.25, 0.3) is 0 Å². The summed E-state index contributed by atoms with van der Waals surface area (Å²) in [5.41, 5.74) is 1.05. The van der Waals surface area contributed by atoms with Gasteiger partial charge in [0.15, 0.2) is 5.82 Å². The zero-order valence-corrected chi connectivity index (χ0v) is 26.4. The summed E-state index contributed by atoms with van der Waals surface area (Å²) in [6.07, 6.45) is 0.755. The van der Waals surface area contributed by atoms with E-state index in [1.165, 1.54) is 9.58 Å². The van der Waals surface area contributed by atoms with Crippen molar-refractivity contribution in [2.24, 2.45) is 5.92 Å². The van der Waals surface area contributed by atoms with Gasteiger partial charge in [-0.25, -0.2) is 18.4 Å². The number of hydrogen-bond donors (Lipinski definition) is 3. The molecule has 1 aromatic heterocycles. The first-order chi connectivity index (χ1) is 22.0. The lowest BCUT2D eigenvalue weighted by atomic mass is 10.0. The van der Waals surface area contributed by atoms with E-state index in [-0.39, 0.29) is 81.1 Å². The average molecular weight is 638 g/mol. The highest BCUT2D eigenvalue weighted by molar-refractivity contribution is 5.88. The fourth-order valence-corrected chi connectivity index (χ4v) is 5.41. The van der Waals surface area contributed by atoms with E-state index in [0.717, 1.165) is 23.8 Å². The van der Waals surface area contributed by atoms with E-state index >= 15 is 0 Å². The Kier molecular flexibility index (Phi) is 11.9. The van der Waals surface area contributed by atoms with Crippen molar-refractivity contribution < 1.29 is 28.0 Å². The smallest absolute Gasteiger partial charge is 0.243 e. The molecule has 3 N–H and O–H groups in total. The molecule has 3 aromatic rings. The van der Waals surface area contributed by atoms with Crippen LogP contribution in [0.3, 0.4) is 0 Å². The second kappa shape index (κ2) is 16.1. The molecule has 0 aliphatic carbocycles. The molecule has 0 saturated carbocycles. The molecular formula is C33H41F2N7O4. The van der Waals surface area contributed by atoms with Gasteiger partial charge in [0.1, 0.15) is 30.0 Å². The van der Waals surface area contributed by atoms with Crippen LogP contribution in [0.15, 0.2) is 48.5 Å². The van der Waals surface area contributed by atoms with E-state index < -0.39 is 29.6 Å². The summed E-state index contributed by atoms with van der Waals surface area (Å²) < 4.78 is 29.0. The third kappa shape index (κ3) is 9.91. The predicted molar refractivity (Wildman–Crippen MR) is 166 cm³/mol. The fourth-order valence-electron chi connectivity index (χ4n) is 5.41. The minimum atomic E-state index is -0.906. The number of fused-ring (bicyclic) bond motifs is 1. The Bertz CT molecular complexity index is 1510. The minimum Gasteiger partial charge on any atom is -0.354 e. The van der Waals surface area contributed by atoms with Gasteiger partial charge in [-0.3, -0.25) is 19.2 Å². The normalized spacial score (nSPS) is 19.0. The molecule has 11 nitrogen and oxygen atoms in total. The van der Waals surface area contributed by atoms with Gasteiger partial charge in [0.05, 0.1) is 12.5 Å². The van der Waals surface area contributed by atoms with Gasteiger partial charge in [0.2, 0.25) is 23.6 Å². The maximum Gasteiger partial charge on any atom is 0.243 e. The maximum atomic E-state index is 13.8. The van der Waals surface area contributed by atoms with Gasteiger partial charge in [-0.2, -0.15) is 5.10 Å². The van der Waals surface area contributed by atoms with Crippen LogP contribution in [0.5, 0.6) is 0 Å². The van der Waals surface area contributed by atoms with Crippen LogP contribution in [-0.2, 0) is 38.6 Å². The molecule has 46 heavy (non-hydrogen) atoms. The molecule has 2 atom stereocenters. The number of halogens is 2. The van der Waals surface area contributed by atoms with Crippen molar-refractivity contribution >= 4 is 23.6 Å². The Morgan fingerprint density at radius 1 is 0.957 bits per heavy atom. The summed E-state index contributed by atoms with van der Waals surface area (Å²) in [6, 6.07) is 10.8. The lowest BCUT2D eigenvalue weighted by molar-refractivity contribution is -0.131.